The second-order valence-electron chi connectivity index (χ2n) is 10.3. The van der Waals surface area contributed by atoms with E-state index < -0.39 is 0 Å². The Balaban J connectivity index is 1.34. The van der Waals surface area contributed by atoms with Gasteiger partial charge in [0.25, 0.3) is 11.8 Å². The van der Waals surface area contributed by atoms with Crippen molar-refractivity contribution >= 4 is 40.7 Å². The standard InChI is InChI=1S/C32H35ClN4O3/c1-2-25(23-10-4-3-5-11-23)31(39)37-20-18-35(19-21-37)29-15-14-24(22-27(29)32(40)36-16-8-9-17-36)34-30(38)26-12-6-7-13-28(26)33/h3-7,10-15,22,25H,2,8-9,16-21H2,1H3,(H,34,38)/t25-/m0/s1. The largest absolute Gasteiger partial charge is 0.367 e. The maximum atomic E-state index is 13.6. The highest BCUT2D eigenvalue weighted by molar-refractivity contribution is 6.34. The van der Waals surface area contributed by atoms with E-state index in [9.17, 15) is 14.4 Å². The molecule has 3 aromatic rings. The molecule has 3 amide bonds. The fourth-order valence-electron chi connectivity index (χ4n) is 5.62. The van der Waals surface area contributed by atoms with Crippen LogP contribution in [0.1, 0.15) is 58.4 Å². The maximum Gasteiger partial charge on any atom is 0.257 e. The number of halogens is 1. The zero-order valence-electron chi connectivity index (χ0n) is 22.8. The quantitative estimate of drug-likeness (QED) is 0.405. The van der Waals surface area contributed by atoms with Crippen molar-refractivity contribution in [3.05, 3.63) is 94.5 Å². The van der Waals surface area contributed by atoms with Gasteiger partial charge in [0.05, 0.1) is 22.1 Å². The van der Waals surface area contributed by atoms with Crippen molar-refractivity contribution < 1.29 is 14.4 Å². The minimum absolute atomic E-state index is 0.0324. The van der Waals surface area contributed by atoms with Crippen LogP contribution in [0.2, 0.25) is 5.02 Å². The molecule has 3 aromatic carbocycles. The highest BCUT2D eigenvalue weighted by Crippen LogP contribution is 2.30. The number of nitrogens with one attached hydrogen (secondary N) is 1. The van der Waals surface area contributed by atoms with Crippen molar-refractivity contribution in [2.24, 2.45) is 0 Å². The number of piperazine rings is 1. The Labute approximate surface area is 240 Å². The Morgan fingerprint density at radius 2 is 1.48 bits per heavy atom. The molecule has 0 bridgehead atoms. The zero-order chi connectivity index (χ0) is 28.1. The van der Waals surface area contributed by atoms with Gasteiger partial charge in [-0.25, -0.2) is 0 Å². The van der Waals surface area contributed by atoms with Gasteiger partial charge in [-0.15, -0.1) is 0 Å². The summed E-state index contributed by atoms with van der Waals surface area (Å²) in [6.07, 6.45) is 2.73. The van der Waals surface area contributed by atoms with Gasteiger partial charge in [0.2, 0.25) is 5.91 Å². The van der Waals surface area contributed by atoms with Crippen LogP contribution in [0.3, 0.4) is 0 Å². The first-order valence-electron chi connectivity index (χ1n) is 14.0. The van der Waals surface area contributed by atoms with E-state index in [2.05, 4.69) is 10.2 Å². The Hall–Kier alpha value is -3.84. The Bertz CT molecular complexity index is 1370. The first kappa shape index (κ1) is 27.7. The van der Waals surface area contributed by atoms with Gasteiger partial charge in [0.1, 0.15) is 0 Å². The molecule has 1 N–H and O–H groups in total. The van der Waals surface area contributed by atoms with E-state index in [-0.39, 0.29) is 23.6 Å². The first-order valence-corrected chi connectivity index (χ1v) is 14.4. The molecule has 7 nitrogen and oxygen atoms in total. The van der Waals surface area contributed by atoms with Gasteiger partial charge < -0.3 is 20.0 Å². The summed E-state index contributed by atoms with van der Waals surface area (Å²) >= 11 is 6.22. The molecular weight excluding hydrogens is 524 g/mol. The molecule has 5 rings (SSSR count). The third-order valence-corrected chi connectivity index (χ3v) is 8.17. The van der Waals surface area contributed by atoms with Gasteiger partial charge in [-0.2, -0.15) is 0 Å². The summed E-state index contributed by atoms with van der Waals surface area (Å²) in [5.74, 6) is -0.357. The van der Waals surface area contributed by atoms with Crippen LogP contribution in [0.15, 0.2) is 72.8 Å². The number of anilines is 2. The van der Waals surface area contributed by atoms with E-state index in [0.29, 0.717) is 48.0 Å². The molecule has 0 radical (unpaired) electrons. The van der Waals surface area contributed by atoms with Crippen LogP contribution in [0.4, 0.5) is 11.4 Å². The van der Waals surface area contributed by atoms with E-state index in [1.165, 1.54) is 0 Å². The molecule has 8 heteroatoms. The van der Waals surface area contributed by atoms with Crippen LogP contribution in [-0.2, 0) is 4.79 Å². The van der Waals surface area contributed by atoms with Crippen LogP contribution in [0.25, 0.3) is 0 Å². The second-order valence-corrected chi connectivity index (χ2v) is 10.8. The maximum absolute atomic E-state index is 13.6. The highest BCUT2D eigenvalue weighted by atomic mass is 35.5. The molecular formula is C32H35ClN4O3. The minimum atomic E-state index is -0.325. The molecule has 0 saturated carbocycles. The van der Waals surface area contributed by atoms with Crippen molar-refractivity contribution in [1.82, 2.24) is 9.80 Å². The average molecular weight is 559 g/mol. The zero-order valence-corrected chi connectivity index (χ0v) is 23.6. The molecule has 0 spiro atoms. The molecule has 208 valence electrons. The molecule has 0 aliphatic carbocycles. The van der Waals surface area contributed by atoms with E-state index in [0.717, 1.165) is 43.6 Å². The Kier molecular flexibility index (Phi) is 8.70. The molecule has 2 saturated heterocycles. The summed E-state index contributed by atoms with van der Waals surface area (Å²) in [6, 6.07) is 22.3. The molecule has 2 aliphatic heterocycles. The van der Waals surface area contributed by atoms with Crippen molar-refractivity contribution in [1.29, 1.82) is 0 Å². The lowest BCUT2D eigenvalue weighted by Gasteiger charge is -2.38. The van der Waals surface area contributed by atoms with Gasteiger partial charge in [0.15, 0.2) is 0 Å². The summed E-state index contributed by atoms with van der Waals surface area (Å²) in [7, 11) is 0. The second kappa shape index (κ2) is 12.6. The first-order chi connectivity index (χ1) is 19.5. The lowest BCUT2D eigenvalue weighted by molar-refractivity contribution is -0.133. The number of hydrogen-bond donors (Lipinski definition) is 1. The van der Waals surface area contributed by atoms with Gasteiger partial charge in [0, 0.05) is 50.6 Å². The Morgan fingerprint density at radius 1 is 0.800 bits per heavy atom. The molecule has 0 aromatic heterocycles. The van der Waals surface area contributed by atoms with E-state index >= 15 is 0 Å². The molecule has 40 heavy (non-hydrogen) atoms. The highest BCUT2D eigenvalue weighted by Gasteiger charge is 2.30. The molecule has 1 atom stereocenters. The minimum Gasteiger partial charge on any atom is -0.367 e. The number of hydrogen-bond acceptors (Lipinski definition) is 4. The molecule has 2 aliphatic rings. The van der Waals surface area contributed by atoms with Crippen molar-refractivity contribution in [2.75, 3.05) is 49.5 Å². The predicted octanol–water partition coefficient (Wildman–Crippen LogP) is 5.67. The SMILES string of the molecule is CC[C@H](C(=O)N1CCN(c2ccc(NC(=O)c3ccccc3Cl)cc2C(=O)N2CCCC2)CC1)c1ccccc1. The summed E-state index contributed by atoms with van der Waals surface area (Å²) in [6.45, 7) is 5.94. The lowest BCUT2D eigenvalue weighted by Crippen LogP contribution is -2.50. The summed E-state index contributed by atoms with van der Waals surface area (Å²) < 4.78 is 0. The normalized spacial score (nSPS) is 16.1. The van der Waals surface area contributed by atoms with Crippen LogP contribution in [0.5, 0.6) is 0 Å². The van der Waals surface area contributed by atoms with E-state index in [1.807, 2.05) is 59.2 Å². The van der Waals surface area contributed by atoms with Crippen molar-refractivity contribution in [3.63, 3.8) is 0 Å². The summed E-state index contributed by atoms with van der Waals surface area (Å²) in [5.41, 5.74) is 3.36. The van der Waals surface area contributed by atoms with Gasteiger partial charge in [-0.1, -0.05) is 61.0 Å². The molecule has 0 unspecified atom stereocenters. The topological polar surface area (TPSA) is 73.0 Å². The van der Waals surface area contributed by atoms with Crippen LogP contribution < -0.4 is 10.2 Å². The monoisotopic (exact) mass is 558 g/mol. The third kappa shape index (κ3) is 5.99. The molecule has 2 fully saturated rings. The molecule has 2 heterocycles. The number of carbonyl (C=O) groups excluding carboxylic acids is 3. The van der Waals surface area contributed by atoms with Gasteiger partial charge in [-0.3, -0.25) is 14.4 Å². The van der Waals surface area contributed by atoms with Crippen molar-refractivity contribution in [3.8, 4) is 0 Å². The predicted molar refractivity (Wildman–Crippen MR) is 159 cm³/mol. The number of nitrogens with zero attached hydrogens (tertiary/aromatic N) is 3. The number of carbonyl (C=O) groups is 3. The van der Waals surface area contributed by atoms with Crippen LogP contribution in [-0.4, -0.2) is 66.8 Å². The lowest BCUT2D eigenvalue weighted by atomic mass is 9.94. The van der Waals surface area contributed by atoms with Crippen LogP contribution >= 0.6 is 11.6 Å². The number of likely N-dealkylation sites (tertiary alicyclic amines) is 1. The van der Waals surface area contributed by atoms with Gasteiger partial charge >= 0.3 is 0 Å². The van der Waals surface area contributed by atoms with Gasteiger partial charge in [-0.05, 0) is 55.2 Å². The number of benzene rings is 3. The van der Waals surface area contributed by atoms with Crippen LogP contribution in [0, 0.1) is 0 Å². The fraction of sp³-hybridized carbons (Fsp3) is 0.344. The average Bonchev–Trinajstić information content (AvgIpc) is 3.53. The number of amides is 3. The Morgan fingerprint density at radius 3 is 2.15 bits per heavy atom. The number of rotatable bonds is 7. The van der Waals surface area contributed by atoms with E-state index in [1.54, 1.807) is 30.3 Å². The smallest absolute Gasteiger partial charge is 0.257 e. The summed E-state index contributed by atoms with van der Waals surface area (Å²) in [4.78, 5) is 45.9. The summed E-state index contributed by atoms with van der Waals surface area (Å²) in [5, 5.41) is 3.28. The fourth-order valence-corrected chi connectivity index (χ4v) is 5.84. The van der Waals surface area contributed by atoms with Crippen molar-refractivity contribution in [2.45, 2.75) is 32.1 Å². The third-order valence-electron chi connectivity index (χ3n) is 7.84. The van der Waals surface area contributed by atoms with E-state index in [4.69, 9.17) is 11.6 Å².